The van der Waals surface area contributed by atoms with Crippen molar-refractivity contribution in [2.75, 3.05) is 16.8 Å². The monoisotopic (exact) mass is 396 g/mol. The maximum absolute atomic E-state index is 12.9. The Balaban J connectivity index is 1.75. The molecule has 1 fully saturated rings. The van der Waals surface area contributed by atoms with Crippen molar-refractivity contribution < 1.29 is 22.8 Å². The minimum atomic E-state index is -4.62. The van der Waals surface area contributed by atoms with Gasteiger partial charge >= 0.3 is 6.18 Å². The van der Waals surface area contributed by atoms with Crippen LogP contribution in [0.25, 0.3) is 0 Å². The third-order valence-electron chi connectivity index (χ3n) is 4.44. The van der Waals surface area contributed by atoms with Gasteiger partial charge in [-0.3, -0.25) is 9.59 Å². The molecular weight excluding hydrogens is 381 g/mol. The number of hydrogen-bond acceptors (Lipinski definition) is 2. The summed E-state index contributed by atoms with van der Waals surface area (Å²) in [5, 5.41) is 2.01. The van der Waals surface area contributed by atoms with E-state index >= 15 is 0 Å². The van der Waals surface area contributed by atoms with Crippen LogP contribution >= 0.6 is 11.6 Å². The Labute approximate surface area is 158 Å². The highest BCUT2D eigenvalue weighted by molar-refractivity contribution is 6.31. The van der Waals surface area contributed by atoms with Gasteiger partial charge < -0.3 is 10.2 Å². The average Bonchev–Trinajstić information content (AvgIpc) is 2.98. The molecule has 4 nitrogen and oxygen atoms in total. The maximum Gasteiger partial charge on any atom is 0.417 e. The number of rotatable bonds is 3. The second-order valence-electron chi connectivity index (χ2n) is 6.37. The minimum absolute atomic E-state index is 0.000114. The van der Waals surface area contributed by atoms with E-state index in [1.54, 1.807) is 12.1 Å². The first kappa shape index (κ1) is 19.2. The first-order chi connectivity index (χ1) is 12.7. The number of carbonyl (C=O) groups is 2. The first-order valence-corrected chi connectivity index (χ1v) is 8.58. The van der Waals surface area contributed by atoms with Crippen LogP contribution in [0.15, 0.2) is 42.5 Å². The summed E-state index contributed by atoms with van der Waals surface area (Å²) in [4.78, 5) is 26.3. The number of alkyl halides is 3. The highest BCUT2D eigenvalue weighted by Gasteiger charge is 2.36. The molecule has 142 valence electrons. The van der Waals surface area contributed by atoms with Crippen LogP contribution in [0.4, 0.5) is 24.5 Å². The molecule has 27 heavy (non-hydrogen) atoms. The predicted molar refractivity (Wildman–Crippen MR) is 96.7 cm³/mol. The number of carbonyl (C=O) groups excluding carboxylic acids is 2. The number of aryl methyl sites for hydroxylation is 1. The fourth-order valence-corrected chi connectivity index (χ4v) is 3.27. The second-order valence-corrected chi connectivity index (χ2v) is 6.78. The van der Waals surface area contributed by atoms with Crippen molar-refractivity contribution in [2.45, 2.75) is 19.5 Å². The topological polar surface area (TPSA) is 49.4 Å². The number of hydrogen-bond donors (Lipinski definition) is 1. The Bertz CT molecular complexity index is 899. The smallest absolute Gasteiger partial charge is 0.326 e. The lowest BCUT2D eigenvalue weighted by atomic mass is 10.1. The van der Waals surface area contributed by atoms with Crippen molar-refractivity contribution in [2.24, 2.45) is 5.92 Å². The maximum atomic E-state index is 12.9. The van der Waals surface area contributed by atoms with Crippen LogP contribution in [0.2, 0.25) is 5.02 Å². The fourth-order valence-electron chi connectivity index (χ4n) is 3.05. The predicted octanol–water partition coefficient (Wildman–Crippen LogP) is 4.66. The Morgan fingerprint density at radius 1 is 1.22 bits per heavy atom. The van der Waals surface area contributed by atoms with E-state index < -0.39 is 28.6 Å². The molecule has 2 amide bonds. The van der Waals surface area contributed by atoms with E-state index in [1.807, 2.05) is 19.1 Å². The van der Waals surface area contributed by atoms with Crippen LogP contribution in [-0.4, -0.2) is 18.4 Å². The molecule has 0 bridgehead atoms. The SMILES string of the molecule is Cc1ccccc1N1C[C@H](C(=O)Nc2ccc(Cl)c(C(F)(F)F)c2)CC1=O. The van der Waals surface area contributed by atoms with Crippen LogP contribution in [0.1, 0.15) is 17.5 Å². The largest absolute Gasteiger partial charge is 0.417 e. The fraction of sp³-hybridized carbons (Fsp3) is 0.263. The Morgan fingerprint density at radius 2 is 1.93 bits per heavy atom. The molecule has 1 atom stereocenters. The number of halogens is 4. The van der Waals surface area contributed by atoms with Gasteiger partial charge in [0.05, 0.1) is 16.5 Å². The molecule has 1 aliphatic rings. The Kier molecular flexibility index (Phi) is 5.15. The van der Waals surface area contributed by atoms with Crippen molar-refractivity contribution in [1.29, 1.82) is 0 Å². The van der Waals surface area contributed by atoms with E-state index in [1.165, 1.54) is 11.0 Å². The van der Waals surface area contributed by atoms with Gasteiger partial charge in [-0.05, 0) is 36.8 Å². The molecule has 3 rings (SSSR count). The summed E-state index contributed by atoms with van der Waals surface area (Å²) in [6.07, 6.45) is -4.62. The highest BCUT2D eigenvalue weighted by Crippen LogP contribution is 2.36. The number of anilines is 2. The standard InChI is InChI=1S/C19H16ClF3N2O2/c1-11-4-2-3-5-16(11)25-10-12(8-17(25)26)18(27)24-13-6-7-15(20)14(9-13)19(21,22)23/h2-7,9,12H,8,10H2,1H3,(H,24,27)/t12-/m1/s1. The molecule has 0 radical (unpaired) electrons. The third-order valence-corrected chi connectivity index (χ3v) is 4.77. The summed E-state index contributed by atoms with van der Waals surface area (Å²) in [6.45, 7) is 2.04. The number of nitrogens with one attached hydrogen (secondary N) is 1. The van der Waals surface area contributed by atoms with Crippen LogP contribution in [0.5, 0.6) is 0 Å². The number of para-hydroxylation sites is 1. The van der Waals surface area contributed by atoms with Gasteiger partial charge in [-0.15, -0.1) is 0 Å². The zero-order valence-corrected chi connectivity index (χ0v) is 15.1. The van der Waals surface area contributed by atoms with Crippen LogP contribution in [0, 0.1) is 12.8 Å². The molecule has 0 spiro atoms. The zero-order valence-electron chi connectivity index (χ0n) is 14.3. The molecule has 2 aromatic carbocycles. The van der Waals surface area contributed by atoms with E-state index in [9.17, 15) is 22.8 Å². The molecule has 1 N–H and O–H groups in total. The average molecular weight is 397 g/mol. The summed E-state index contributed by atoms with van der Waals surface area (Å²) in [7, 11) is 0. The van der Waals surface area contributed by atoms with Crippen molar-refractivity contribution in [3.05, 3.63) is 58.6 Å². The lowest BCUT2D eigenvalue weighted by Gasteiger charge is -2.19. The molecule has 0 unspecified atom stereocenters. The van der Waals surface area contributed by atoms with Crippen LogP contribution < -0.4 is 10.2 Å². The van der Waals surface area contributed by atoms with Gasteiger partial charge in [0, 0.05) is 24.3 Å². The Hall–Kier alpha value is -2.54. The van der Waals surface area contributed by atoms with Crippen molar-refractivity contribution >= 4 is 34.8 Å². The lowest BCUT2D eigenvalue weighted by Crippen LogP contribution is -2.28. The van der Waals surface area contributed by atoms with Crippen LogP contribution in [0.3, 0.4) is 0 Å². The van der Waals surface area contributed by atoms with E-state index in [4.69, 9.17) is 11.6 Å². The third kappa shape index (κ3) is 4.08. The van der Waals surface area contributed by atoms with E-state index in [0.717, 1.165) is 23.4 Å². The number of amides is 2. The normalized spacial score (nSPS) is 17.3. The van der Waals surface area contributed by atoms with Gasteiger partial charge in [0.2, 0.25) is 11.8 Å². The Morgan fingerprint density at radius 3 is 2.59 bits per heavy atom. The molecule has 1 saturated heterocycles. The summed E-state index contributed by atoms with van der Waals surface area (Å²) in [6, 6.07) is 10.5. The molecule has 8 heteroatoms. The summed E-state index contributed by atoms with van der Waals surface area (Å²) >= 11 is 5.58. The van der Waals surface area contributed by atoms with Crippen molar-refractivity contribution in [3.8, 4) is 0 Å². The van der Waals surface area contributed by atoms with Gasteiger partial charge in [-0.25, -0.2) is 0 Å². The summed E-state index contributed by atoms with van der Waals surface area (Å²) < 4.78 is 38.8. The lowest BCUT2D eigenvalue weighted by molar-refractivity contribution is -0.137. The molecule has 1 aliphatic heterocycles. The van der Waals surface area contributed by atoms with Crippen LogP contribution in [-0.2, 0) is 15.8 Å². The molecule has 2 aromatic rings. The molecule has 0 aliphatic carbocycles. The van der Waals surface area contributed by atoms with Gasteiger partial charge in [0.25, 0.3) is 0 Å². The molecule has 1 heterocycles. The van der Waals surface area contributed by atoms with Gasteiger partial charge in [-0.2, -0.15) is 13.2 Å². The van der Waals surface area contributed by atoms with Gasteiger partial charge in [-0.1, -0.05) is 29.8 Å². The quantitative estimate of drug-likeness (QED) is 0.820. The van der Waals surface area contributed by atoms with E-state index in [0.29, 0.717) is 0 Å². The summed E-state index contributed by atoms with van der Waals surface area (Å²) in [5.41, 5.74) is 0.590. The van der Waals surface area contributed by atoms with Crippen molar-refractivity contribution in [3.63, 3.8) is 0 Å². The highest BCUT2D eigenvalue weighted by atomic mass is 35.5. The number of nitrogens with zero attached hydrogens (tertiary/aromatic N) is 1. The molecule has 0 aromatic heterocycles. The molecule has 0 saturated carbocycles. The minimum Gasteiger partial charge on any atom is -0.326 e. The molecular formula is C19H16ClF3N2O2. The second kappa shape index (κ2) is 7.23. The number of benzene rings is 2. The van der Waals surface area contributed by atoms with E-state index in [-0.39, 0.29) is 24.6 Å². The van der Waals surface area contributed by atoms with Gasteiger partial charge in [0.1, 0.15) is 0 Å². The zero-order chi connectivity index (χ0) is 19.8. The van der Waals surface area contributed by atoms with E-state index in [2.05, 4.69) is 5.32 Å². The van der Waals surface area contributed by atoms with Gasteiger partial charge in [0.15, 0.2) is 0 Å². The van der Waals surface area contributed by atoms with Crippen molar-refractivity contribution in [1.82, 2.24) is 0 Å². The summed E-state index contributed by atoms with van der Waals surface area (Å²) in [5.74, 6) is -1.35. The first-order valence-electron chi connectivity index (χ1n) is 8.20.